The first-order chi connectivity index (χ1) is 11.6. The minimum Gasteiger partial charge on any atom is -0.448 e. The molecule has 24 heavy (non-hydrogen) atoms. The number of nitrogens with one attached hydrogen (secondary N) is 1. The average molecular weight is 327 g/mol. The van der Waals surface area contributed by atoms with Crippen LogP contribution >= 0.6 is 0 Å². The van der Waals surface area contributed by atoms with Gasteiger partial charge in [0.05, 0.1) is 0 Å². The molecule has 0 spiro atoms. The van der Waals surface area contributed by atoms with Crippen molar-refractivity contribution in [2.75, 3.05) is 31.1 Å². The summed E-state index contributed by atoms with van der Waals surface area (Å²) < 4.78 is 5.25. The Kier molecular flexibility index (Phi) is 4.84. The van der Waals surface area contributed by atoms with Crippen LogP contribution in [0, 0.1) is 0 Å². The molecule has 1 saturated heterocycles. The quantitative estimate of drug-likeness (QED) is 0.871. The molecule has 1 amide bonds. The van der Waals surface area contributed by atoms with Crippen LogP contribution < -0.4 is 4.90 Å². The number of aromatic nitrogens is 1. The van der Waals surface area contributed by atoms with Crippen LogP contribution in [-0.2, 0) is 9.53 Å². The van der Waals surface area contributed by atoms with E-state index in [1.165, 1.54) is 0 Å². The molecule has 1 aliphatic rings. The highest BCUT2D eigenvalue weighted by molar-refractivity contribution is 5.90. The molecule has 0 saturated carbocycles. The van der Waals surface area contributed by atoms with Crippen molar-refractivity contribution in [3.8, 4) is 0 Å². The number of esters is 1. The van der Waals surface area contributed by atoms with Crippen molar-refractivity contribution < 1.29 is 14.3 Å². The number of ether oxygens (including phenoxy) is 1. The zero-order chi connectivity index (χ0) is 16.9. The number of anilines is 1. The fourth-order valence-electron chi connectivity index (χ4n) is 2.81. The van der Waals surface area contributed by atoms with Crippen molar-refractivity contribution in [1.29, 1.82) is 0 Å². The SMILES string of the molecule is C[C@H](OC(=O)c1ccc[nH]1)C(=O)N1CCN(c2ccccc2)CC1. The maximum Gasteiger partial charge on any atom is 0.355 e. The van der Waals surface area contributed by atoms with Crippen molar-refractivity contribution >= 4 is 17.6 Å². The molecule has 1 aromatic heterocycles. The normalized spacial score (nSPS) is 15.9. The van der Waals surface area contributed by atoms with E-state index in [0.29, 0.717) is 18.8 Å². The van der Waals surface area contributed by atoms with E-state index in [1.54, 1.807) is 30.2 Å². The van der Waals surface area contributed by atoms with Gasteiger partial charge in [-0.3, -0.25) is 4.79 Å². The van der Waals surface area contributed by atoms with Crippen LogP contribution in [0.1, 0.15) is 17.4 Å². The third-order valence-electron chi connectivity index (χ3n) is 4.16. The second-order valence-corrected chi connectivity index (χ2v) is 5.78. The molecule has 1 fully saturated rings. The van der Waals surface area contributed by atoms with Crippen molar-refractivity contribution in [2.24, 2.45) is 0 Å². The van der Waals surface area contributed by atoms with Gasteiger partial charge in [0.1, 0.15) is 5.69 Å². The van der Waals surface area contributed by atoms with Gasteiger partial charge < -0.3 is 19.5 Å². The fourth-order valence-corrected chi connectivity index (χ4v) is 2.81. The lowest BCUT2D eigenvalue weighted by molar-refractivity contribution is -0.140. The van der Waals surface area contributed by atoms with E-state index in [2.05, 4.69) is 22.0 Å². The number of carbonyl (C=O) groups is 2. The summed E-state index contributed by atoms with van der Waals surface area (Å²) in [4.78, 5) is 31.2. The lowest BCUT2D eigenvalue weighted by Crippen LogP contribution is -2.51. The van der Waals surface area contributed by atoms with Crippen molar-refractivity contribution in [1.82, 2.24) is 9.88 Å². The smallest absolute Gasteiger partial charge is 0.355 e. The second-order valence-electron chi connectivity index (χ2n) is 5.78. The summed E-state index contributed by atoms with van der Waals surface area (Å²) in [5, 5.41) is 0. The topological polar surface area (TPSA) is 65.6 Å². The predicted octanol–water partition coefficient (Wildman–Crippen LogP) is 1.91. The summed E-state index contributed by atoms with van der Waals surface area (Å²) in [5.41, 5.74) is 1.51. The number of rotatable bonds is 4. The zero-order valence-electron chi connectivity index (χ0n) is 13.6. The van der Waals surface area contributed by atoms with Crippen molar-refractivity contribution in [3.63, 3.8) is 0 Å². The second kappa shape index (κ2) is 7.21. The summed E-state index contributed by atoms with van der Waals surface area (Å²) in [5.74, 6) is -0.661. The molecule has 0 radical (unpaired) electrons. The van der Waals surface area contributed by atoms with Crippen LogP contribution in [0.15, 0.2) is 48.7 Å². The van der Waals surface area contributed by atoms with Gasteiger partial charge in [-0.1, -0.05) is 18.2 Å². The lowest BCUT2D eigenvalue weighted by atomic mass is 10.2. The van der Waals surface area contributed by atoms with Crippen molar-refractivity contribution in [2.45, 2.75) is 13.0 Å². The number of hydrogen-bond donors (Lipinski definition) is 1. The van der Waals surface area contributed by atoms with E-state index in [0.717, 1.165) is 18.8 Å². The Bertz CT molecular complexity index is 677. The number of para-hydroxylation sites is 1. The average Bonchev–Trinajstić information content (AvgIpc) is 3.17. The van der Waals surface area contributed by atoms with Gasteiger partial charge in [0.2, 0.25) is 0 Å². The number of carbonyl (C=O) groups excluding carboxylic acids is 2. The van der Waals surface area contributed by atoms with Crippen LogP contribution in [0.25, 0.3) is 0 Å². The Morgan fingerprint density at radius 3 is 2.38 bits per heavy atom. The molecule has 126 valence electrons. The van der Waals surface area contributed by atoms with Gasteiger partial charge in [-0.05, 0) is 31.2 Å². The van der Waals surface area contributed by atoms with Gasteiger partial charge >= 0.3 is 5.97 Å². The monoisotopic (exact) mass is 327 g/mol. The maximum atomic E-state index is 12.5. The Morgan fingerprint density at radius 2 is 1.75 bits per heavy atom. The molecule has 3 rings (SSSR count). The highest BCUT2D eigenvalue weighted by Crippen LogP contribution is 2.16. The first-order valence-electron chi connectivity index (χ1n) is 8.08. The first kappa shape index (κ1) is 16.1. The lowest BCUT2D eigenvalue weighted by Gasteiger charge is -2.37. The van der Waals surface area contributed by atoms with Gasteiger partial charge in [0, 0.05) is 38.1 Å². The van der Waals surface area contributed by atoms with Crippen LogP contribution in [-0.4, -0.2) is 54.0 Å². The minimum atomic E-state index is -0.788. The van der Waals surface area contributed by atoms with Gasteiger partial charge in [0.15, 0.2) is 6.10 Å². The van der Waals surface area contributed by atoms with Crippen molar-refractivity contribution in [3.05, 3.63) is 54.4 Å². The molecular formula is C18H21N3O3. The largest absolute Gasteiger partial charge is 0.448 e. The molecule has 0 unspecified atom stereocenters. The van der Waals surface area contributed by atoms with Gasteiger partial charge in [0.25, 0.3) is 5.91 Å². The zero-order valence-corrected chi connectivity index (χ0v) is 13.6. The van der Waals surface area contributed by atoms with E-state index in [-0.39, 0.29) is 5.91 Å². The Morgan fingerprint density at radius 1 is 1.04 bits per heavy atom. The van der Waals surface area contributed by atoms with Crippen LogP contribution in [0.4, 0.5) is 5.69 Å². The van der Waals surface area contributed by atoms with Crippen LogP contribution in [0.5, 0.6) is 0 Å². The highest BCUT2D eigenvalue weighted by atomic mass is 16.5. The molecule has 1 N–H and O–H groups in total. The fraction of sp³-hybridized carbons (Fsp3) is 0.333. The van der Waals surface area contributed by atoms with Crippen LogP contribution in [0.2, 0.25) is 0 Å². The Labute approximate surface area is 141 Å². The third-order valence-corrected chi connectivity index (χ3v) is 4.16. The molecule has 1 atom stereocenters. The maximum absolute atomic E-state index is 12.5. The van der Waals surface area contributed by atoms with E-state index < -0.39 is 12.1 Å². The Hall–Kier alpha value is -2.76. The van der Waals surface area contributed by atoms with E-state index in [4.69, 9.17) is 4.74 Å². The van der Waals surface area contributed by atoms with E-state index in [1.807, 2.05) is 18.2 Å². The highest BCUT2D eigenvalue weighted by Gasteiger charge is 2.27. The predicted molar refractivity (Wildman–Crippen MR) is 90.9 cm³/mol. The molecule has 6 nitrogen and oxygen atoms in total. The Balaban J connectivity index is 1.52. The summed E-state index contributed by atoms with van der Waals surface area (Å²) in [6, 6.07) is 13.5. The summed E-state index contributed by atoms with van der Waals surface area (Å²) in [7, 11) is 0. The molecule has 1 aliphatic heterocycles. The van der Waals surface area contributed by atoms with Gasteiger partial charge in [-0.2, -0.15) is 0 Å². The van der Waals surface area contributed by atoms with Gasteiger partial charge in [-0.15, -0.1) is 0 Å². The number of H-pyrrole nitrogens is 1. The molecule has 2 heterocycles. The number of hydrogen-bond acceptors (Lipinski definition) is 4. The number of nitrogens with zero attached hydrogens (tertiary/aromatic N) is 2. The number of aromatic amines is 1. The molecule has 6 heteroatoms. The molecular weight excluding hydrogens is 306 g/mol. The molecule has 0 bridgehead atoms. The third kappa shape index (κ3) is 3.59. The van der Waals surface area contributed by atoms with Crippen LogP contribution in [0.3, 0.4) is 0 Å². The van der Waals surface area contributed by atoms with E-state index in [9.17, 15) is 9.59 Å². The molecule has 0 aliphatic carbocycles. The summed E-state index contributed by atoms with van der Waals surface area (Å²) >= 11 is 0. The van der Waals surface area contributed by atoms with E-state index >= 15 is 0 Å². The minimum absolute atomic E-state index is 0.150. The summed E-state index contributed by atoms with van der Waals surface area (Å²) in [6.45, 7) is 4.41. The first-order valence-corrected chi connectivity index (χ1v) is 8.08. The summed E-state index contributed by atoms with van der Waals surface area (Å²) in [6.07, 6.45) is 0.857. The number of benzene rings is 1. The standard InChI is InChI=1S/C18H21N3O3/c1-14(24-18(23)16-8-5-9-19-16)17(22)21-12-10-20(11-13-21)15-6-3-2-4-7-15/h2-9,14,19H,10-13H2,1H3/t14-/m0/s1. The molecule has 1 aromatic carbocycles. The number of amides is 1. The molecule has 2 aromatic rings. The number of piperazine rings is 1. The van der Waals surface area contributed by atoms with Gasteiger partial charge in [-0.25, -0.2) is 4.79 Å².